The van der Waals surface area contributed by atoms with E-state index in [2.05, 4.69) is 0 Å². The lowest BCUT2D eigenvalue weighted by atomic mass is 9.75. The molecule has 0 bridgehead atoms. The van der Waals surface area contributed by atoms with E-state index >= 15 is 0 Å². The quantitative estimate of drug-likeness (QED) is 0.788. The summed E-state index contributed by atoms with van der Waals surface area (Å²) in [6.45, 7) is 1.74. The van der Waals surface area contributed by atoms with E-state index in [1.54, 1.807) is 12.1 Å². The first-order valence-corrected chi connectivity index (χ1v) is 8.48. The standard InChI is InChI=1S/C16H21NO3S/c1-20-16(19)14-7-6-13(21-14)15(18)17-9-8-11-4-2-3-5-12(11)10-17/h6-7,11-12H,2-5,8-10H2,1H3/t11-,12+/m1/s1. The second-order valence-corrected chi connectivity index (χ2v) is 7.08. The van der Waals surface area contributed by atoms with Crippen LogP contribution in [0.25, 0.3) is 0 Å². The number of ether oxygens (including phenoxy) is 1. The van der Waals surface area contributed by atoms with Crippen molar-refractivity contribution >= 4 is 23.2 Å². The number of thiophene rings is 1. The number of esters is 1. The summed E-state index contributed by atoms with van der Waals surface area (Å²) in [5.74, 6) is 1.19. The molecular formula is C16H21NO3S. The number of nitrogens with zero attached hydrogens (tertiary/aromatic N) is 1. The molecule has 114 valence electrons. The number of fused-ring (bicyclic) bond motifs is 1. The summed E-state index contributed by atoms with van der Waals surface area (Å²) < 4.78 is 4.69. The topological polar surface area (TPSA) is 46.6 Å². The monoisotopic (exact) mass is 307 g/mol. The van der Waals surface area contributed by atoms with Crippen molar-refractivity contribution in [3.05, 3.63) is 21.9 Å². The van der Waals surface area contributed by atoms with Crippen LogP contribution in [0.2, 0.25) is 0 Å². The smallest absolute Gasteiger partial charge is 0.348 e. The van der Waals surface area contributed by atoms with Gasteiger partial charge in [0.2, 0.25) is 0 Å². The summed E-state index contributed by atoms with van der Waals surface area (Å²) in [6, 6.07) is 3.42. The highest BCUT2D eigenvalue weighted by Crippen LogP contribution is 2.36. The maximum absolute atomic E-state index is 12.6. The van der Waals surface area contributed by atoms with Crippen LogP contribution in [0.1, 0.15) is 51.4 Å². The van der Waals surface area contributed by atoms with Gasteiger partial charge in [0, 0.05) is 13.1 Å². The number of likely N-dealkylation sites (tertiary alicyclic amines) is 1. The first kappa shape index (κ1) is 14.6. The molecule has 1 aliphatic carbocycles. The van der Waals surface area contributed by atoms with Crippen LogP contribution < -0.4 is 0 Å². The fraction of sp³-hybridized carbons (Fsp3) is 0.625. The van der Waals surface area contributed by atoms with Crippen molar-refractivity contribution < 1.29 is 14.3 Å². The molecule has 1 saturated heterocycles. The van der Waals surface area contributed by atoms with E-state index in [1.807, 2.05) is 4.90 Å². The molecule has 1 aromatic rings. The molecule has 2 atom stereocenters. The van der Waals surface area contributed by atoms with Crippen LogP contribution >= 0.6 is 11.3 Å². The highest BCUT2D eigenvalue weighted by molar-refractivity contribution is 7.15. The summed E-state index contributed by atoms with van der Waals surface area (Å²) in [5.41, 5.74) is 0. The van der Waals surface area contributed by atoms with Gasteiger partial charge >= 0.3 is 5.97 Å². The SMILES string of the molecule is COC(=O)c1ccc(C(=O)N2CC[C@H]3CCCC[C@H]3C2)s1. The molecule has 21 heavy (non-hydrogen) atoms. The number of amides is 1. The largest absolute Gasteiger partial charge is 0.465 e. The van der Waals surface area contributed by atoms with Gasteiger partial charge < -0.3 is 9.64 Å². The first-order valence-electron chi connectivity index (χ1n) is 7.66. The van der Waals surface area contributed by atoms with Crippen LogP contribution in [0.15, 0.2) is 12.1 Å². The number of hydrogen-bond acceptors (Lipinski definition) is 4. The van der Waals surface area contributed by atoms with Gasteiger partial charge in [0.05, 0.1) is 12.0 Å². The fourth-order valence-corrected chi connectivity index (χ4v) is 4.50. The van der Waals surface area contributed by atoms with Crippen molar-refractivity contribution in [1.29, 1.82) is 0 Å². The van der Waals surface area contributed by atoms with E-state index in [-0.39, 0.29) is 11.9 Å². The van der Waals surface area contributed by atoms with Gasteiger partial charge in [-0.25, -0.2) is 4.79 Å². The lowest BCUT2D eigenvalue weighted by Gasteiger charge is -2.41. The molecule has 1 saturated carbocycles. The number of carbonyl (C=O) groups excluding carboxylic acids is 2. The molecule has 4 nitrogen and oxygen atoms in total. The minimum absolute atomic E-state index is 0.0687. The Hall–Kier alpha value is -1.36. The van der Waals surface area contributed by atoms with Crippen LogP contribution in [-0.4, -0.2) is 37.0 Å². The molecule has 0 aromatic carbocycles. The fourth-order valence-electron chi connectivity index (χ4n) is 3.60. The van der Waals surface area contributed by atoms with Gasteiger partial charge in [0.1, 0.15) is 4.88 Å². The lowest BCUT2D eigenvalue weighted by molar-refractivity contribution is 0.0525. The molecular weight excluding hydrogens is 286 g/mol. The maximum atomic E-state index is 12.6. The predicted molar refractivity (Wildman–Crippen MR) is 81.6 cm³/mol. The Balaban J connectivity index is 1.67. The normalized spacial score (nSPS) is 25.3. The Labute approximate surface area is 129 Å². The Morgan fingerprint density at radius 2 is 1.86 bits per heavy atom. The van der Waals surface area contributed by atoms with E-state index in [0.29, 0.717) is 15.7 Å². The zero-order chi connectivity index (χ0) is 14.8. The van der Waals surface area contributed by atoms with Gasteiger partial charge in [-0.3, -0.25) is 4.79 Å². The number of methoxy groups -OCH3 is 1. The molecule has 0 N–H and O–H groups in total. The minimum atomic E-state index is -0.370. The van der Waals surface area contributed by atoms with Crippen LogP contribution in [-0.2, 0) is 4.74 Å². The summed E-state index contributed by atoms with van der Waals surface area (Å²) in [5, 5.41) is 0. The minimum Gasteiger partial charge on any atom is -0.465 e. The molecule has 0 radical (unpaired) electrons. The van der Waals surface area contributed by atoms with Crippen molar-refractivity contribution in [2.24, 2.45) is 11.8 Å². The van der Waals surface area contributed by atoms with Crippen molar-refractivity contribution in [1.82, 2.24) is 4.90 Å². The third-order valence-corrected chi connectivity index (χ3v) is 5.84. The molecule has 1 aromatic heterocycles. The van der Waals surface area contributed by atoms with Gasteiger partial charge in [0.15, 0.2) is 0 Å². The van der Waals surface area contributed by atoms with Gasteiger partial charge in [0.25, 0.3) is 5.91 Å². The van der Waals surface area contributed by atoms with Crippen LogP contribution in [0.3, 0.4) is 0 Å². The first-order chi connectivity index (χ1) is 10.2. The van der Waals surface area contributed by atoms with Gasteiger partial charge in [-0.2, -0.15) is 0 Å². The summed E-state index contributed by atoms with van der Waals surface area (Å²) in [6.07, 6.45) is 6.37. The van der Waals surface area contributed by atoms with Crippen molar-refractivity contribution in [2.45, 2.75) is 32.1 Å². The summed E-state index contributed by atoms with van der Waals surface area (Å²) in [4.78, 5) is 27.2. The third kappa shape index (κ3) is 2.98. The van der Waals surface area contributed by atoms with Crippen LogP contribution in [0.4, 0.5) is 0 Å². The molecule has 0 spiro atoms. The molecule has 2 heterocycles. The number of piperidine rings is 1. The Morgan fingerprint density at radius 3 is 2.62 bits per heavy atom. The van der Waals surface area contributed by atoms with Crippen LogP contribution in [0.5, 0.6) is 0 Å². The van der Waals surface area contributed by atoms with Gasteiger partial charge in [-0.1, -0.05) is 19.3 Å². The highest BCUT2D eigenvalue weighted by atomic mass is 32.1. The second-order valence-electron chi connectivity index (χ2n) is 6.00. The second kappa shape index (κ2) is 6.18. The van der Waals surface area contributed by atoms with Crippen molar-refractivity contribution in [3.8, 4) is 0 Å². The highest BCUT2D eigenvalue weighted by Gasteiger charge is 2.33. The average Bonchev–Trinajstić information content (AvgIpc) is 3.03. The van der Waals surface area contributed by atoms with Gasteiger partial charge in [-0.15, -0.1) is 11.3 Å². The molecule has 0 unspecified atom stereocenters. The zero-order valence-corrected chi connectivity index (χ0v) is 13.2. The van der Waals surface area contributed by atoms with E-state index in [0.717, 1.165) is 25.4 Å². The Kier molecular flexibility index (Phi) is 4.29. The predicted octanol–water partition coefficient (Wildman–Crippen LogP) is 3.19. The molecule has 1 aliphatic heterocycles. The number of hydrogen-bond donors (Lipinski definition) is 0. The van der Waals surface area contributed by atoms with Crippen molar-refractivity contribution in [3.63, 3.8) is 0 Å². The van der Waals surface area contributed by atoms with E-state index in [1.165, 1.54) is 44.1 Å². The number of rotatable bonds is 2. The van der Waals surface area contributed by atoms with E-state index in [4.69, 9.17) is 4.74 Å². The zero-order valence-electron chi connectivity index (χ0n) is 12.3. The maximum Gasteiger partial charge on any atom is 0.348 e. The third-order valence-electron chi connectivity index (χ3n) is 4.78. The molecule has 2 fully saturated rings. The summed E-state index contributed by atoms with van der Waals surface area (Å²) in [7, 11) is 1.36. The average molecular weight is 307 g/mol. The Morgan fingerprint density at radius 1 is 1.14 bits per heavy atom. The summed E-state index contributed by atoms with van der Waals surface area (Å²) >= 11 is 1.23. The van der Waals surface area contributed by atoms with E-state index in [9.17, 15) is 9.59 Å². The van der Waals surface area contributed by atoms with Crippen molar-refractivity contribution in [2.75, 3.05) is 20.2 Å². The molecule has 1 amide bonds. The molecule has 5 heteroatoms. The Bertz CT molecular complexity index is 539. The molecule has 3 rings (SSSR count). The lowest BCUT2D eigenvalue weighted by Crippen LogP contribution is -2.44. The van der Waals surface area contributed by atoms with Gasteiger partial charge in [-0.05, 0) is 36.8 Å². The van der Waals surface area contributed by atoms with E-state index < -0.39 is 0 Å². The number of carbonyl (C=O) groups is 2. The van der Waals surface area contributed by atoms with Crippen LogP contribution in [0, 0.1) is 11.8 Å². The molecule has 2 aliphatic rings.